The number of rotatable bonds is 33. The summed E-state index contributed by atoms with van der Waals surface area (Å²) in [5.74, 6) is 0.534. The fourth-order valence-electron chi connectivity index (χ4n) is 7.39. The van der Waals surface area contributed by atoms with E-state index in [2.05, 4.69) is 27.7 Å². The molecule has 1 heterocycles. The second kappa shape index (κ2) is 29.1. The van der Waals surface area contributed by atoms with Gasteiger partial charge in [0.25, 0.3) is 0 Å². The fourth-order valence-corrected chi connectivity index (χ4v) is 8.13. The Morgan fingerprint density at radius 2 is 1.48 bits per heavy atom. The predicted octanol–water partition coefficient (Wildman–Crippen LogP) is 8.39. The molecule has 346 valence electrons. The number of carbonyl (C=O) groups excluding carboxylic acids is 2. The molecule has 1 saturated carbocycles. The summed E-state index contributed by atoms with van der Waals surface area (Å²) >= 11 is 0. The highest BCUT2D eigenvalue weighted by atomic mass is 31.2. The smallest absolute Gasteiger partial charge is 0.466 e. The van der Waals surface area contributed by atoms with E-state index in [1.165, 1.54) is 11.1 Å². The van der Waals surface area contributed by atoms with Crippen molar-refractivity contribution in [2.75, 3.05) is 47.5 Å². The lowest BCUT2D eigenvalue weighted by molar-refractivity contribution is -0.870. The molecule has 60 heavy (non-hydrogen) atoms. The second-order valence-electron chi connectivity index (χ2n) is 17.7. The monoisotopic (exact) mass is 871 g/mol. The van der Waals surface area contributed by atoms with Crippen LogP contribution in [0.2, 0.25) is 0 Å². The van der Waals surface area contributed by atoms with Gasteiger partial charge in [-0.05, 0) is 63.0 Å². The maximum Gasteiger partial charge on any atom is 0.472 e. The zero-order valence-electron chi connectivity index (χ0n) is 38.0. The zero-order valence-corrected chi connectivity index (χ0v) is 38.9. The van der Waals surface area contributed by atoms with Crippen LogP contribution in [0, 0.1) is 25.7 Å². The Morgan fingerprint density at radius 3 is 2.13 bits per heavy atom. The molecule has 1 aliphatic carbocycles. The van der Waals surface area contributed by atoms with Crippen LogP contribution in [-0.2, 0) is 45.5 Å². The first kappa shape index (κ1) is 53.8. The highest BCUT2D eigenvalue weighted by molar-refractivity contribution is 7.47. The second-order valence-corrected chi connectivity index (χ2v) is 19.1. The molecule has 14 heteroatoms. The van der Waals surface area contributed by atoms with E-state index in [9.17, 15) is 34.4 Å². The molecular weight excluding hydrogens is 789 g/mol. The van der Waals surface area contributed by atoms with Crippen molar-refractivity contribution in [3.63, 3.8) is 0 Å². The van der Waals surface area contributed by atoms with Crippen molar-refractivity contribution in [2.24, 2.45) is 11.8 Å². The number of quaternary nitrogens is 1. The van der Waals surface area contributed by atoms with Crippen molar-refractivity contribution in [1.29, 1.82) is 0 Å². The lowest BCUT2D eigenvalue weighted by Crippen LogP contribution is -2.37. The van der Waals surface area contributed by atoms with Crippen molar-refractivity contribution in [3.8, 4) is 0 Å². The Kier molecular flexibility index (Phi) is 26.1. The van der Waals surface area contributed by atoms with E-state index in [4.69, 9.17) is 22.9 Å². The van der Waals surface area contributed by atoms with E-state index in [0.717, 1.165) is 95.0 Å². The number of phosphoric ester groups is 1. The van der Waals surface area contributed by atoms with Crippen LogP contribution in [0.1, 0.15) is 146 Å². The number of esters is 2. The molecule has 1 aromatic rings. The molecule has 1 aromatic heterocycles. The molecule has 0 aliphatic heterocycles. The van der Waals surface area contributed by atoms with Crippen LogP contribution in [0.5, 0.6) is 0 Å². The summed E-state index contributed by atoms with van der Waals surface area (Å²) in [5.41, 5.74) is 2.59. The van der Waals surface area contributed by atoms with E-state index in [-0.39, 0.29) is 44.3 Å². The number of aliphatic hydroxyl groups excluding tert-OH is 3. The number of furan rings is 1. The van der Waals surface area contributed by atoms with Crippen LogP contribution in [0.3, 0.4) is 0 Å². The summed E-state index contributed by atoms with van der Waals surface area (Å²) in [5, 5.41) is 31.4. The van der Waals surface area contributed by atoms with E-state index >= 15 is 0 Å². The molecule has 0 amide bonds. The Labute approximate surface area is 361 Å². The number of ether oxygens (including phenoxy) is 2. The van der Waals surface area contributed by atoms with Crippen LogP contribution in [0.15, 0.2) is 28.7 Å². The van der Waals surface area contributed by atoms with Crippen LogP contribution >= 0.6 is 7.82 Å². The number of phosphoric acid groups is 1. The molecule has 0 saturated heterocycles. The van der Waals surface area contributed by atoms with Crippen molar-refractivity contribution in [3.05, 3.63) is 47.0 Å². The first-order chi connectivity index (χ1) is 28.5. The van der Waals surface area contributed by atoms with Gasteiger partial charge in [-0.2, -0.15) is 0 Å². The maximum atomic E-state index is 12.8. The Balaban J connectivity index is 1.79. The molecule has 13 nitrogen and oxygen atoms in total. The third-order valence-corrected chi connectivity index (χ3v) is 12.2. The van der Waals surface area contributed by atoms with Crippen LogP contribution in [0.4, 0.5) is 0 Å². The maximum absolute atomic E-state index is 12.8. The van der Waals surface area contributed by atoms with E-state index in [1.54, 1.807) is 24.3 Å². The molecule has 2 rings (SSSR count). The zero-order chi connectivity index (χ0) is 44.6. The Morgan fingerprint density at radius 1 is 0.833 bits per heavy atom. The minimum absolute atomic E-state index is 0.0256. The predicted molar refractivity (Wildman–Crippen MR) is 234 cm³/mol. The van der Waals surface area contributed by atoms with Crippen molar-refractivity contribution >= 4 is 19.8 Å². The molecule has 0 bridgehead atoms. The topological polar surface area (TPSA) is 182 Å². The van der Waals surface area contributed by atoms with Gasteiger partial charge in [0, 0.05) is 31.6 Å². The molecule has 1 aliphatic rings. The summed E-state index contributed by atoms with van der Waals surface area (Å²) < 4.78 is 40.4. The number of allylic oxidation sites excluding steroid dienone is 1. The summed E-state index contributed by atoms with van der Waals surface area (Å²) in [7, 11) is 1.28. The number of likely N-dealkylation sites (N-methyl/N-ethyl adjacent to an activating group) is 1. The summed E-state index contributed by atoms with van der Waals surface area (Å²) in [6.07, 6.45) is 19.2. The molecule has 1 fully saturated rings. The van der Waals surface area contributed by atoms with Gasteiger partial charge in [0.1, 0.15) is 31.3 Å². The van der Waals surface area contributed by atoms with Crippen molar-refractivity contribution in [2.45, 2.75) is 174 Å². The number of carbonyl (C=O) groups is 2. The quantitative estimate of drug-likeness (QED) is 0.0174. The van der Waals surface area contributed by atoms with Crippen LogP contribution in [-0.4, -0.2) is 109 Å². The lowest BCUT2D eigenvalue weighted by Gasteiger charge is -2.24. The van der Waals surface area contributed by atoms with Gasteiger partial charge in [-0.15, -0.1) is 0 Å². The van der Waals surface area contributed by atoms with Crippen LogP contribution in [0.25, 0.3) is 0 Å². The van der Waals surface area contributed by atoms with Gasteiger partial charge >= 0.3 is 19.8 Å². The van der Waals surface area contributed by atoms with E-state index in [0.29, 0.717) is 30.3 Å². The third kappa shape index (κ3) is 22.7. The largest absolute Gasteiger partial charge is 0.472 e. The molecule has 7 atom stereocenters. The highest BCUT2D eigenvalue weighted by Gasteiger charge is 2.39. The first-order valence-corrected chi connectivity index (χ1v) is 24.2. The minimum Gasteiger partial charge on any atom is -0.466 e. The summed E-state index contributed by atoms with van der Waals surface area (Å²) in [6, 6.07) is 0. The first-order valence-electron chi connectivity index (χ1n) is 22.7. The van der Waals surface area contributed by atoms with Crippen molar-refractivity contribution < 1.29 is 61.8 Å². The van der Waals surface area contributed by atoms with Gasteiger partial charge in [-0.1, -0.05) is 95.9 Å². The average Bonchev–Trinajstić information content (AvgIpc) is 3.60. The molecule has 0 spiro atoms. The number of hydrogen-bond acceptors (Lipinski definition) is 11. The standard InChI is InChI=1S/C46H80NO12P/c1-8-10-17-23-37(48)28-29-40-39(41(49)32-42(40)50)24-20-21-26-45(51)55-33-38(34-57-60(53,54)56-31-30-47(5,6)7)58-46(52)27-19-16-14-12-11-13-15-18-25-44-36(4)35(3)43(59-44)22-9-2/h20-21,28-29,37-42,48-50H,8-19,22-27,30-34H2,1-7H3/p+1/b21-20-,29-28+/t37-,38-,39+,40-,41+,42-/m1/s1. The van der Waals surface area contributed by atoms with Gasteiger partial charge in [0.05, 0.1) is 52.5 Å². The van der Waals surface area contributed by atoms with Crippen molar-refractivity contribution in [1.82, 2.24) is 0 Å². The number of nitrogens with zero attached hydrogens (tertiary/aromatic N) is 1. The highest BCUT2D eigenvalue weighted by Crippen LogP contribution is 2.43. The third-order valence-electron chi connectivity index (χ3n) is 11.3. The minimum atomic E-state index is -4.47. The van der Waals surface area contributed by atoms with E-state index in [1.807, 2.05) is 21.1 Å². The fraction of sp³-hybridized carbons (Fsp3) is 0.783. The summed E-state index contributed by atoms with van der Waals surface area (Å²) in [6.45, 7) is 8.13. The average molecular weight is 871 g/mol. The van der Waals surface area contributed by atoms with Gasteiger partial charge in [0.2, 0.25) is 0 Å². The summed E-state index contributed by atoms with van der Waals surface area (Å²) in [4.78, 5) is 35.7. The number of unbranched alkanes of at least 4 members (excludes halogenated alkanes) is 9. The number of hydrogen-bond donors (Lipinski definition) is 4. The van der Waals surface area contributed by atoms with Gasteiger partial charge < -0.3 is 38.6 Å². The normalized spacial score (nSPS) is 20.5. The van der Waals surface area contributed by atoms with Crippen LogP contribution < -0.4 is 0 Å². The molecule has 0 aromatic carbocycles. The molecular formula is C46H81NO12P+. The Hall–Kier alpha value is -2.35. The number of aryl methyl sites for hydroxylation is 2. The Bertz CT molecular complexity index is 1470. The molecule has 1 unspecified atom stereocenters. The van der Waals surface area contributed by atoms with Gasteiger partial charge in [-0.25, -0.2) is 4.57 Å². The van der Waals surface area contributed by atoms with Gasteiger partial charge in [0.15, 0.2) is 6.10 Å². The lowest BCUT2D eigenvalue weighted by atomic mass is 9.89. The number of aliphatic hydroxyl groups is 3. The SMILES string of the molecule is CCCCC[C@@H](O)/C=C/[C@@H]1[C@H](C/C=C\CC(=O)OC[C@H](COP(=O)(O)OCC[N+](C)(C)C)OC(=O)CCCCCCCCCCc2oc(CCC)c(C)c2C)[C@@H](O)C[C@H]1O. The van der Waals surface area contributed by atoms with Gasteiger partial charge in [-0.3, -0.25) is 18.6 Å². The molecule has 0 radical (unpaired) electrons. The van der Waals surface area contributed by atoms with E-state index < -0.39 is 50.8 Å². The molecule has 4 N–H and O–H groups in total.